The highest BCUT2D eigenvalue weighted by atomic mass is 79.9. The van der Waals surface area contributed by atoms with Gasteiger partial charge in [0.15, 0.2) is 0 Å². The number of halogens is 2. The van der Waals surface area contributed by atoms with Gasteiger partial charge >= 0.3 is 0 Å². The zero-order chi connectivity index (χ0) is 7.56. The Morgan fingerprint density at radius 1 is 1.70 bits per heavy atom. The van der Waals surface area contributed by atoms with E-state index < -0.39 is 0 Å². The molecule has 4 heteroatoms. The largest absolute Gasteiger partial charge is 0.326 e. The van der Waals surface area contributed by atoms with Gasteiger partial charge < -0.3 is 5.73 Å². The number of hydrogen-bond acceptors (Lipinski definition) is 2. The number of hydrogen-bond donors (Lipinski definition) is 1. The highest BCUT2D eigenvalue weighted by molar-refractivity contribution is 9.10. The minimum absolute atomic E-state index is 0.444. The third-order valence-electron chi connectivity index (χ3n) is 1.15. The highest BCUT2D eigenvalue weighted by Gasteiger charge is 2.01. The summed E-state index contributed by atoms with van der Waals surface area (Å²) >= 11 is 8.99. The van der Waals surface area contributed by atoms with Crippen LogP contribution >= 0.6 is 27.5 Å². The summed E-state index contributed by atoms with van der Waals surface area (Å²) in [6.45, 7) is 0.444. The van der Waals surface area contributed by atoms with Crippen LogP contribution in [0.2, 0.25) is 5.02 Å². The first-order valence-corrected chi connectivity index (χ1v) is 3.91. The summed E-state index contributed by atoms with van der Waals surface area (Å²) in [4.78, 5) is 3.92. The number of pyridine rings is 1. The Bertz CT molecular complexity index is 239. The Labute approximate surface area is 72.5 Å². The fourth-order valence-corrected chi connectivity index (χ4v) is 1.17. The fraction of sp³-hybridized carbons (Fsp3) is 0.167. The van der Waals surface area contributed by atoms with Gasteiger partial charge in [-0.2, -0.15) is 0 Å². The lowest BCUT2D eigenvalue weighted by Gasteiger charge is -1.99. The van der Waals surface area contributed by atoms with Crippen molar-refractivity contribution >= 4 is 27.5 Å². The summed E-state index contributed by atoms with van der Waals surface area (Å²) in [6, 6.07) is 1.80. The molecule has 0 unspecified atom stereocenters. The van der Waals surface area contributed by atoms with Gasteiger partial charge in [-0.3, -0.25) is 0 Å². The second-order valence-corrected chi connectivity index (χ2v) is 2.91. The SMILES string of the molecule is NCc1ccnc(Br)c1Cl. The third kappa shape index (κ3) is 1.48. The lowest BCUT2D eigenvalue weighted by atomic mass is 10.3. The van der Waals surface area contributed by atoms with Crippen LogP contribution in [0.5, 0.6) is 0 Å². The smallest absolute Gasteiger partial charge is 0.124 e. The van der Waals surface area contributed by atoms with Gasteiger partial charge in [-0.15, -0.1) is 0 Å². The summed E-state index contributed by atoms with van der Waals surface area (Å²) in [6.07, 6.45) is 1.66. The van der Waals surface area contributed by atoms with E-state index in [1.807, 2.05) is 0 Å². The Kier molecular flexibility index (Phi) is 2.65. The van der Waals surface area contributed by atoms with E-state index in [4.69, 9.17) is 17.3 Å². The Balaban J connectivity index is 3.14. The maximum atomic E-state index is 5.80. The molecule has 2 nitrogen and oxygen atoms in total. The quantitative estimate of drug-likeness (QED) is 0.736. The first-order valence-electron chi connectivity index (χ1n) is 2.74. The Morgan fingerprint density at radius 3 is 2.90 bits per heavy atom. The average molecular weight is 221 g/mol. The molecule has 0 saturated heterocycles. The molecule has 0 saturated carbocycles. The molecule has 54 valence electrons. The molecule has 1 rings (SSSR count). The van der Waals surface area contributed by atoms with Crippen LogP contribution in [0.15, 0.2) is 16.9 Å². The zero-order valence-electron chi connectivity index (χ0n) is 5.14. The van der Waals surface area contributed by atoms with Crippen LogP contribution in [0, 0.1) is 0 Å². The van der Waals surface area contributed by atoms with Crippen molar-refractivity contribution in [1.82, 2.24) is 4.98 Å². The minimum atomic E-state index is 0.444. The van der Waals surface area contributed by atoms with Crippen LogP contribution < -0.4 is 5.73 Å². The van der Waals surface area contributed by atoms with Crippen LogP contribution in [0.25, 0.3) is 0 Å². The summed E-state index contributed by atoms with van der Waals surface area (Å²) < 4.78 is 0.650. The fourth-order valence-electron chi connectivity index (χ4n) is 0.613. The molecule has 2 N–H and O–H groups in total. The van der Waals surface area contributed by atoms with Crippen molar-refractivity contribution in [3.8, 4) is 0 Å². The Morgan fingerprint density at radius 2 is 2.40 bits per heavy atom. The third-order valence-corrected chi connectivity index (χ3v) is 2.40. The van der Waals surface area contributed by atoms with E-state index >= 15 is 0 Å². The van der Waals surface area contributed by atoms with Gasteiger partial charge in [-0.25, -0.2) is 4.98 Å². The molecule has 0 bridgehead atoms. The molecule has 1 aromatic heterocycles. The van der Waals surface area contributed by atoms with E-state index in [2.05, 4.69) is 20.9 Å². The van der Waals surface area contributed by atoms with Crippen molar-refractivity contribution in [3.05, 3.63) is 27.5 Å². The van der Waals surface area contributed by atoms with Gasteiger partial charge in [0.2, 0.25) is 0 Å². The number of rotatable bonds is 1. The molecule has 0 atom stereocenters. The van der Waals surface area contributed by atoms with Crippen molar-refractivity contribution in [2.24, 2.45) is 5.73 Å². The number of nitrogens with two attached hydrogens (primary N) is 1. The Hall–Kier alpha value is -0.120. The maximum absolute atomic E-state index is 5.80. The molecule has 0 amide bonds. The predicted molar refractivity (Wildman–Crippen MR) is 44.8 cm³/mol. The molecule has 1 heterocycles. The zero-order valence-corrected chi connectivity index (χ0v) is 7.48. The van der Waals surface area contributed by atoms with Gasteiger partial charge in [-0.05, 0) is 27.6 Å². The van der Waals surface area contributed by atoms with E-state index in [0.717, 1.165) is 5.56 Å². The summed E-state index contributed by atoms with van der Waals surface area (Å²) in [7, 11) is 0. The first-order chi connectivity index (χ1) is 4.75. The van der Waals surface area contributed by atoms with Gasteiger partial charge in [0, 0.05) is 12.7 Å². The minimum Gasteiger partial charge on any atom is -0.326 e. The standard InChI is InChI=1S/C6H6BrClN2/c7-6-5(8)4(3-9)1-2-10-6/h1-2H,3,9H2. The summed E-state index contributed by atoms with van der Waals surface area (Å²) in [5, 5.41) is 0.602. The van der Waals surface area contributed by atoms with Crippen molar-refractivity contribution in [2.45, 2.75) is 6.54 Å². The van der Waals surface area contributed by atoms with Crippen molar-refractivity contribution in [2.75, 3.05) is 0 Å². The summed E-state index contributed by atoms with van der Waals surface area (Å²) in [5.74, 6) is 0. The highest BCUT2D eigenvalue weighted by Crippen LogP contribution is 2.22. The first kappa shape index (κ1) is 7.98. The van der Waals surface area contributed by atoms with Gasteiger partial charge in [0.05, 0.1) is 5.02 Å². The second-order valence-electron chi connectivity index (χ2n) is 1.78. The van der Waals surface area contributed by atoms with Gasteiger partial charge in [0.25, 0.3) is 0 Å². The van der Waals surface area contributed by atoms with Crippen LogP contribution in [0.4, 0.5) is 0 Å². The second kappa shape index (κ2) is 3.32. The average Bonchev–Trinajstić information content (AvgIpc) is 1.95. The molecular weight excluding hydrogens is 215 g/mol. The van der Waals surface area contributed by atoms with Crippen molar-refractivity contribution < 1.29 is 0 Å². The van der Waals surface area contributed by atoms with E-state index in [1.54, 1.807) is 12.3 Å². The monoisotopic (exact) mass is 220 g/mol. The van der Waals surface area contributed by atoms with Gasteiger partial charge in [-0.1, -0.05) is 11.6 Å². The number of aromatic nitrogens is 1. The van der Waals surface area contributed by atoms with E-state index in [0.29, 0.717) is 16.2 Å². The molecule has 0 aliphatic heterocycles. The van der Waals surface area contributed by atoms with E-state index in [1.165, 1.54) is 0 Å². The van der Waals surface area contributed by atoms with E-state index in [-0.39, 0.29) is 0 Å². The molecule has 0 spiro atoms. The van der Waals surface area contributed by atoms with E-state index in [9.17, 15) is 0 Å². The molecule has 0 aliphatic rings. The van der Waals surface area contributed by atoms with Crippen LogP contribution in [-0.2, 0) is 6.54 Å². The van der Waals surface area contributed by atoms with Crippen LogP contribution in [0.3, 0.4) is 0 Å². The normalized spacial score (nSPS) is 9.90. The summed E-state index contributed by atoms with van der Waals surface area (Å²) in [5.41, 5.74) is 6.29. The van der Waals surface area contributed by atoms with Crippen molar-refractivity contribution in [1.29, 1.82) is 0 Å². The molecular formula is C6H6BrClN2. The molecule has 0 aromatic carbocycles. The lowest BCUT2D eigenvalue weighted by molar-refractivity contribution is 1.05. The van der Waals surface area contributed by atoms with Crippen LogP contribution in [-0.4, -0.2) is 4.98 Å². The van der Waals surface area contributed by atoms with Gasteiger partial charge in [0.1, 0.15) is 4.60 Å². The van der Waals surface area contributed by atoms with Crippen molar-refractivity contribution in [3.63, 3.8) is 0 Å². The topological polar surface area (TPSA) is 38.9 Å². The van der Waals surface area contributed by atoms with Crippen LogP contribution in [0.1, 0.15) is 5.56 Å². The predicted octanol–water partition coefficient (Wildman–Crippen LogP) is 1.96. The molecule has 10 heavy (non-hydrogen) atoms. The molecule has 0 fully saturated rings. The molecule has 0 aliphatic carbocycles. The molecule has 0 radical (unpaired) electrons. The molecule has 1 aromatic rings. The number of nitrogens with zero attached hydrogens (tertiary/aromatic N) is 1. The maximum Gasteiger partial charge on any atom is 0.124 e. The lowest BCUT2D eigenvalue weighted by Crippen LogP contribution is -1.97.